The highest BCUT2D eigenvalue weighted by Crippen LogP contribution is 2.21. The second kappa shape index (κ2) is 9.69. The third kappa shape index (κ3) is 4.61. The molecule has 1 saturated heterocycles. The maximum atomic E-state index is 13.3. The average molecular weight is 405 g/mol. The van der Waals surface area contributed by atoms with E-state index >= 15 is 0 Å². The fraction of sp³-hybridized carbons (Fsp3) is 0.333. The van der Waals surface area contributed by atoms with Crippen molar-refractivity contribution in [1.29, 1.82) is 0 Å². The van der Waals surface area contributed by atoms with Gasteiger partial charge in [0.2, 0.25) is 0 Å². The summed E-state index contributed by atoms with van der Waals surface area (Å²) < 4.78 is 7.00. The van der Waals surface area contributed by atoms with Crippen molar-refractivity contribution >= 4 is 5.71 Å². The summed E-state index contributed by atoms with van der Waals surface area (Å²) in [5.74, 6) is 0. The predicted molar refractivity (Wildman–Crippen MR) is 121 cm³/mol. The number of morpholine rings is 1. The number of H-pyrrole nitrogens is 1. The summed E-state index contributed by atoms with van der Waals surface area (Å²) in [5, 5.41) is 3.31. The van der Waals surface area contributed by atoms with Gasteiger partial charge in [-0.2, -0.15) is 0 Å². The third-order valence-corrected chi connectivity index (χ3v) is 5.41. The fourth-order valence-electron chi connectivity index (χ4n) is 3.79. The van der Waals surface area contributed by atoms with Crippen LogP contribution < -0.4 is 5.56 Å². The van der Waals surface area contributed by atoms with Crippen molar-refractivity contribution in [2.24, 2.45) is 4.99 Å². The number of aliphatic imine (C=N–C) groups is 1. The molecule has 0 amide bonds. The van der Waals surface area contributed by atoms with Gasteiger partial charge in [-0.05, 0) is 25.5 Å². The van der Waals surface area contributed by atoms with Crippen LogP contribution in [0.4, 0.5) is 0 Å². The Morgan fingerprint density at radius 3 is 2.40 bits per heavy atom. The van der Waals surface area contributed by atoms with E-state index in [0.717, 1.165) is 61.9 Å². The molecule has 156 valence electrons. The van der Waals surface area contributed by atoms with Crippen molar-refractivity contribution in [3.63, 3.8) is 0 Å². The number of aromatic amines is 1. The van der Waals surface area contributed by atoms with Crippen LogP contribution in [0.1, 0.15) is 18.9 Å². The minimum absolute atomic E-state index is 0.0746. The number of benzene rings is 2. The van der Waals surface area contributed by atoms with Gasteiger partial charge in [0.1, 0.15) is 0 Å². The number of hydrogen-bond donors (Lipinski definition) is 1. The van der Waals surface area contributed by atoms with Crippen LogP contribution >= 0.6 is 0 Å². The lowest BCUT2D eigenvalue weighted by molar-refractivity contribution is 0.0377. The van der Waals surface area contributed by atoms with E-state index < -0.39 is 0 Å². The second-order valence-corrected chi connectivity index (χ2v) is 7.48. The Morgan fingerprint density at radius 2 is 1.70 bits per heavy atom. The molecule has 1 aliphatic heterocycles. The summed E-state index contributed by atoms with van der Waals surface area (Å²) in [7, 11) is 0. The molecule has 3 aromatic rings. The summed E-state index contributed by atoms with van der Waals surface area (Å²) in [6.45, 7) is 7.23. The molecule has 4 rings (SSSR count). The summed E-state index contributed by atoms with van der Waals surface area (Å²) in [5.41, 5.74) is 3.92. The van der Waals surface area contributed by atoms with Crippen molar-refractivity contribution < 1.29 is 4.74 Å². The highest BCUT2D eigenvalue weighted by molar-refractivity contribution is 6.03. The lowest BCUT2D eigenvalue weighted by Crippen LogP contribution is -2.37. The van der Waals surface area contributed by atoms with E-state index in [1.54, 1.807) is 4.68 Å². The van der Waals surface area contributed by atoms with Crippen molar-refractivity contribution in [2.75, 3.05) is 39.4 Å². The highest BCUT2D eigenvalue weighted by atomic mass is 16.5. The van der Waals surface area contributed by atoms with Gasteiger partial charge in [-0.25, -0.2) is 4.68 Å². The Morgan fingerprint density at radius 1 is 1.03 bits per heavy atom. The highest BCUT2D eigenvalue weighted by Gasteiger charge is 2.19. The Labute approximate surface area is 176 Å². The summed E-state index contributed by atoms with van der Waals surface area (Å²) in [6, 6.07) is 19.6. The first kappa shape index (κ1) is 20.3. The summed E-state index contributed by atoms with van der Waals surface area (Å²) >= 11 is 0. The van der Waals surface area contributed by atoms with Crippen molar-refractivity contribution in [2.45, 2.75) is 13.3 Å². The number of nitrogens with one attached hydrogen (secondary N) is 1. The van der Waals surface area contributed by atoms with Gasteiger partial charge in [0.15, 0.2) is 0 Å². The molecule has 0 bridgehead atoms. The van der Waals surface area contributed by atoms with E-state index in [-0.39, 0.29) is 5.56 Å². The smallest absolute Gasteiger partial charge is 0.280 e. The Balaban J connectivity index is 1.60. The molecule has 6 heteroatoms. The van der Waals surface area contributed by atoms with Gasteiger partial charge < -0.3 is 4.74 Å². The van der Waals surface area contributed by atoms with Gasteiger partial charge in [0, 0.05) is 37.5 Å². The molecule has 30 heavy (non-hydrogen) atoms. The number of nitrogens with zero attached hydrogens (tertiary/aromatic N) is 3. The molecule has 1 fully saturated rings. The van der Waals surface area contributed by atoms with E-state index in [0.29, 0.717) is 12.1 Å². The van der Waals surface area contributed by atoms with Crippen LogP contribution in [-0.4, -0.2) is 59.8 Å². The van der Waals surface area contributed by atoms with Crippen LogP contribution in [0.5, 0.6) is 0 Å². The maximum Gasteiger partial charge on any atom is 0.280 e. The van der Waals surface area contributed by atoms with E-state index in [2.05, 4.69) is 10.00 Å². The van der Waals surface area contributed by atoms with E-state index in [1.165, 1.54) is 0 Å². The number of ether oxygens (including phenoxy) is 1. The van der Waals surface area contributed by atoms with Gasteiger partial charge in [0.25, 0.3) is 5.56 Å². The summed E-state index contributed by atoms with van der Waals surface area (Å²) in [6.07, 6.45) is 0.968. The zero-order valence-electron chi connectivity index (χ0n) is 17.4. The zero-order chi connectivity index (χ0) is 20.8. The Kier molecular flexibility index (Phi) is 6.57. The third-order valence-electron chi connectivity index (χ3n) is 5.41. The number of hydrogen-bond acceptors (Lipinski definition) is 4. The van der Waals surface area contributed by atoms with Crippen LogP contribution in [0.15, 0.2) is 70.5 Å². The van der Waals surface area contributed by atoms with Crippen molar-refractivity contribution in [3.8, 4) is 16.9 Å². The lowest BCUT2D eigenvalue weighted by Gasteiger charge is -2.26. The molecule has 0 atom stereocenters. The number of rotatable bonds is 7. The topological polar surface area (TPSA) is 62.6 Å². The average Bonchev–Trinajstić information content (AvgIpc) is 3.15. The SMILES string of the molecule is CC(=NCCCN1CCOCC1)c1c(-c2ccccc2)[nH]n(-c2ccccc2)c1=O. The normalized spacial score (nSPS) is 15.4. The molecule has 2 heterocycles. The van der Waals surface area contributed by atoms with Gasteiger partial charge in [-0.15, -0.1) is 0 Å². The van der Waals surface area contributed by atoms with Crippen molar-refractivity contribution in [1.82, 2.24) is 14.7 Å². The van der Waals surface area contributed by atoms with Crippen LogP contribution in [0.3, 0.4) is 0 Å². The molecule has 0 aliphatic carbocycles. The van der Waals surface area contributed by atoms with Crippen LogP contribution in [0, 0.1) is 0 Å². The van der Waals surface area contributed by atoms with Gasteiger partial charge >= 0.3 is 0 Å². The van der Waals surface area contributed by atoms with Gasteiger partial charge in [0.05, 0.1) is 30.2 Å². The van der Waals surface area contributed by atoms with Gasteiger partial charge in [-0.3, -0.25) is 19.8 Å². The fourth-order valence-corrected chi connectivity index (χ4v) is 3.79. The first-order chi connectivity index (χ1) is 14.7. The largest absolute Gasteiger partial charge is 0.379 e. The number of para-hydroxylation sites is 1. The first-order valence-electron chi connectivity index (χ1n) is 10.5. The molecule has 0 spiro atoms. The molecule has 2 aromatic carbocycles. The van der Waals surface area contributed by atoms with Crippen LogP contribution in [0.2, 0.25) is 0 Å². The maximum absolute atomic E-state index is 13.3. The standard InChI is InChI=1S/C24H28N4O2/c1-19(25-13-8-14-27-15-17-30-18-16-27)22-23(20-9-4-2-5-10-20)26-28(24(22)29)21-11-6-3-7-12-21/h2-7,9-12,26H,8,13-18H2,1H3. The summed E-state index contributed by atoms with van der Waals surface area (Å²) in [4.78, 5) is 20.5. The number of aromatic nitrogens is 2. The zero-order valence-corrected chi connectivity index (χ0v) is 17.4. The second-order valence-electron chi connectivity index (χ2n) is 7.48. The predicted octanol–water partition coefficient (Wildman–Crippen LogP) is 3.36. The van der Waals surface area contributed by atoms with Gasteiger partial charge in [-0.1, -0.05) is 48.5 Å². The van der Waals surface area contributed by atoms with Crippen LogP contribution in [0.25, 0.3) is 16.9 Å². The van der Waals surface area contributed by atoms with E-state index in [1.807, 2.05) is 67.6 Å². The Bertz CT molecular complexity index is 1030. The molecular weight excluding hydrogens is 376 g/mol. The Hall–Kier alpha value is -2.96. The minimum atomic E-state index is -0.0746. The molecule has 1 aliphatic rings. The van der Waals surface area contributed by atoms with Crippen LogP contribution in [-0.2, 0) is 4.74 Å². The molecule has 1 aromatic heterocycles. The molecule has 0 radical (unpaired) electrons. The quantitative estimate of drug-likeness (QED) is 0.485. The molecule has 6 nitrogen and oxygen atoms in total. The molecule has 1 N–H and O–H groups in total. The van der Waals surface area contributed by atoms with E-state index in [9.17, 15) is 4.79 Å². The molecular formula is C24H28N4O2. The monoisotopic (exact) mass is 404 g/mol. The lowest BCUT2D eigenvalue weighted by atomic mass is 10.1. The van der Waals surface area contributed by atoms with Crippen molar-refractivity contribution in [3.05, 3.63) is 76.6 Å². The first-order valence-corrected chi connectivity index (χ1v) is 10.5. The minimum Gasteiger partial charge on any atom is -0.379 e. The molecule has 0 saturated carbocycles. The van der Waals surface area contributed by atoms with E-state index in [4.69, 9.17) is 9.73 Å². The molecule has 0 unspecified atom stereocenters.